The molecule has 1 saturated carbocycles. The van der Waals surface area contributed by atoms with E-state index < -0.39 is 11.8 Å². The quantitative estimate of drug-likeness (QED) is 0.734. The Kier molecular flexibility index (Phi) is 3.32. The summed E-state index contributed by atoms with van der Waals surface area (Å²) >= 11 is 0. The first-order valence-electron chi connectivity index (χ1n) is 6.26. The van der Waals surface area contributed by atoms with Gasteiger partial charge in [-0.15, -0.1) is 0 Å². The van der Waals surface area contributed by atoms with Gasteiger partial charge in [-0.1, -0.05) is 0 Å². The Hall–Kier alpha value is -0.810. The Morgan fingerprint density at radius 2 is 1.88 bits per heavy atom. The molecule has 0 unspecified atom stereocenters. The number of carboxylic acid groups (broad SMARTS) is 1. The van der Waals surface area contributed by atoms with Crippen molar-refractivity contribution in [3.8, 4) is 0 Å². The minimum Gasteiger partial charge on any atom is -0.465 e. The average molecular weight is 243 g/mol. The van der Waals surface area contributed by atoms with Crippen LogP contribution in [0, 0.1) is 5.92 Å². The number of aliphatic hydroxyl groups excluding tert-OH is 1. The summed E-state index contributed by atoms with van der Waals surface area (Å²) in [6, 6.07) is -0.0602. The maximum atomic E-state index is 11.3. The van der Waals surface area contributed by atoms with E-state index in [1.807, 2.05) is 0 Å². The van der Waals surface area contributed by atoms with E-state index in [1.165, 1.54) is 4.90 Å². The van der Waals surface area contributed by atoms with Crippen molar-refractivity contribution in [1.82, 2.24) is 4.90 Å². The van der Waals surface area contributed by atoms with Crippen molar-refractivity contribution >= 4 is 6.09 Å². The summed E-state index contributed by atoms with van der Waals surface area (Å²) in [5, 5.41) is 18.8. The number of hydrogen-bond acceptors (Lipinski definition) is 3. The van der Waals surface area contributed by atoms with Crippen molar-refractivity contribution < 1.29 is 19.7 Å². The molecular weight excluding hydrogens is 222 g/mol. The van der Waals surface area contributed by atoms with Crippen LogP contribution in [0.2, 0.25) is 0 Å². The van der Waals surface area contributed by atoms with Crippen LogP contribution in [0.4, 0.5) is 4.79 Å². The van der Waals surface area contributed by atoms with E-state index in [1.54, 1.807) is 13.8 Å². The first-order valence-corrected chi connectivity index (χ1v) is 6.26. The summed E-state index contributed by atoms with van der Waals surface area (Å²) in [5.74, 6) is 0.316. The molecule has 1 aliphatic carbocycles. The Labute approximate surface area is 101 Å². The molecule has 2 rings (SSSR count). The van der Waals surface area contributed by atoms with Crippen LogP contribution < -0.4 is 0 Å². The molecular formula is C12H21NO4. The van der Waals surface area contributed by atoms with Crippen molar-refractivity contribution in [2.75, 3.05) is 6.61 Å². The number of rotatable bonds is 1. The second kappa shape index (κ2) is 4.46. The molecule has 1 aliphatic heterocycles. The lowest BCUT2D eigenvalue weighted by molar-refractivity contribution is -0.0446. The van der Waals surface area contributed by atoms with Gasteiger partial charge in [-0.25, -0.2) is 4.79 Å². The lowest BCUT2D eigenvalue weighted by atomic mass is 9.82. The molecule has 2 N–H and O–H groups in total. The molecule has 98 valence electrons. The van der Waals surface area contributed by atoms with Gasteiger partial charge in [-0.2, -0.15) is 0 Å². The molecule has 1 amide bonds. The third-order valence-electron chi connectivity index (χ3n) is 4.01. The van der Waals surface area contributed by atoms with Gasteiger partial charge in [0.25, 0.3) is 0 Å². The Morgan fingerprint density at radius 1 is 1.29 bits per heavy atom. The average Bonchev–Trinajstić information content (AvgIpc) is 2.55. The van der Waals surface area contributed by atoms with Crippen LogP contribution in [0.5, 0.6) is 0 Å². The molecule has 2 aliphatic rings. The van der Waals surface area contributed by atoms with Gasteiger partial charge in [0.05, 0.1) is 18.8 Å². The fourth-order valence-corrected chi connectivity index (χ4v) is 3.04. The maximum Gasteiger partial charge on any atom is 0.409 e. The Morgan fingerprint density at radius 3 is 2.41 bits per heavy atom. The SMILES string of the molecule is CC1(C)OC[C@@H](C2CCC(O)CC2)N1C(=O)O. The van der Waals surface area contributed by atoms with Gasteiger partial charge in [0.2, 0.25) is 0 Å². The predicted molar refractivity (Wildman–Crippen MR) is 61.6 cm³/mol. The molecule has 1 saturated heterocycles. The highest BCUT2D eigenvalue weighted by Gasteiger charge is 2.47. The molecule has 0 radical (unpaired) electrons. The summed E-state index contributed by atoms with van der Waals surface area (Å²) in [5.41, 5.74) is -0.730. The topological polar surface area (TPSA) is 70.0 Å². The monoisotopic (exact) mass is 243 g/mol. The highest BCUT2D eigenvalue weighted by atomic mass is 16.5. The predicted octanol–water partition coefficient (Wildman–Crippen LogP) is 1.65. The van der Waals surface area contributed by atoms with Gasteiger partial charge in [0.1, 0.15) is 5.72 Å². The molecule has 0 aromatic carbocycles. The van der Waals surface area contributed by atoms with E-state index in [9.17, 15) is 15.0 Å². The number of aliphatic hydroxyl groups is 1. The van der Waals surface area contributed by atoms with Gasteiger partial charge in [0.15, 0.2) is 0 Å². The van der Waals surface area contributed by atoms with Crippen molar-refractivity contribution in [3.05, 3.63) is 0 Å². The van der Waals surface area contributed by atoms with E-state index in [0.717, 1.165) is 25.7 Å². The maximum absolute atomic E-state index is 11.3. The van der Waals surface area contributed by atoms with E-state index in [4.69, 9.17) is 4.74 Å². The Balaban J connectivity index is 2.08. The normalized spacial score (nSPS) is 37.1. The van der Waals surface area contributed by atoms with Gasteiger partial charge < -0.3 is 14.9 Å². The van der Waals surface area contributed by atoms with Crippen molar-refractivity contribution in [1.29, 1.82) is 0 Å². The lowest BCUT2D eigenvalue weighted by Gasteiger charge is -2.36. The van der Waals surface area contributed by atoms with Crippen molar-refractivity contribution in [2.24, 2.45) is 5.92 Å². The van der Waals surface area contributed by atoms with Crippen LogP contribution in [0.3, 0.4) is 0 Å². The molecule has 0 aromatic rings. The van der Waals surface area contributed by atoms with Crippen LogP contribution in [0.25, 0.3) is 0 Å². The molecule has 0 spiro atoms. The fraction of sp³-hybridized carbons (Fsp3) is 0.917. The lowest BCUT2D eigenvalue weighted by Crippen LogP contribution is -2.50. The molecule has 5 heteroatoms. The molecule has 5 nitrogen and oxygen atoms in total. The van der Waals surface area contributed by atoms with Crippen LogP contribution >= 0.6 is 0 Å². The minimum absolute atomic E-state index is 0.0602. The zero-order valence-electron chi connectivity index (χ0n) is 10.4. The third kappa shape index (κ3) is 2.40. The van der Waals surface area contributed by atoms with E-state index in [0.29, 0.717) is 12.5 Å². The zero-order chi connectivity index (χ0) is 12.6. The first-order chi connectivity index (χ1) is 7.92. The van der Waals surface area contributed by atoms with Crippen LogP contribution in [0.15, 0.2) is 0 Å². The van der Waals surface area contributed by atoms with Gasteiger partial charge in [-0.3, -0.25) is 4.90 Å². The molecule has 17 heavy (non-hydrogen) atoms. The highest BCUT2D eigenvalue weighted by molar-refractivity contribution is 5.66. The fourth-order valence-electron chi connectivity index (χ4n) is 3.04. The summed E-state index contributed by atoms with van der Waals surface area (Å²) < 4.78 is 5.59. The van der Waals surface area contributed by atoms with Crippen LogP contribution in [0.1, 0.15) is 39.5 Å². The van der Waals surface area contributed by atoms with E-state index >= 15 is 0 Å². The number of ether oxygens (including phenoxy) is 1. The highest BCUT2D eigenvalue weighted by Crippen LogP contribution is 2.37. The minimum atomic E-state index is -0.913. The summed E-state index contributed by atoms with van der Waals surface area (Å²) in [6.07, 6.45) is 2.19. The second-order valence-corrected chi connectivity index (χ2v) is 5.55. The smallest absolute Gasteiger partial charge is 0.409 e. The summed E-state index contributed by atoms with van der Waals surface area (Å²) in [6.45, 7) is 4.05. The summed E-state index contributed by atoms with van der Waals surface area (Å²) in [7, 11) is 0. The summed E-state index contributed by atoms with van der Waals surface area (Å²) in [4.78, 5) is 12.8. The first kappa shape index (κ1) is 12.6. The standard InChI is InChI=1S/C12H21NO4/c1-12(2)13(11(15)16)10(7-17-12)8-3-5-9(14)6-4-8/h8-10,14H,3-7H2,1-2H3,(H,15,16)/t8?,9?,10-/m0/s1. The second-order valence-electron chi connectivity index (χ2n) is 5.55. The van der Waals surface area contributed by atoms with E-state index in [2.05, 4.69) is 0 Å². The number of carbonyl (C=O) groups is 1. The molecule has 2 fully saturated rings. The molecule has 0 bridgehead atoms. The number of hydrogen-bond donors (Lipinski definition) is 2. The van der Waals surface area contributed by atoms with Crippen molar-refractivity contribution in [3.63, 3.8) is 0 Å². The zero-order valence-corrected chi connectivity index (χ0v) is 10.4. The Bertz CT molecular complexity index is 297. The molecule has 0 aromatic heterocycles. The number of nitrogens with zero attached hydrogens (tertiary/aromatic N) is 1. The van der Waals surface area contributed by atoms with Crippen molar-refractivity contribution in [2.45, 2.75) is 57.4 Å². The third-order valence-corrected chi connectivity index (χ3v) is 4.01. The largest absolute Gasteiger partial charge is 0.465 e. The van der Waals surface area contributed by atoms with E-state index in [-0.39, 0.29) is 12.1 Å². The van der Waals surface area contributed by atoms with Gasteiger partial charge in [0, 0.05) is 0 Å². The van der Waals surface area contributed by atoms with Gasteiger partial charge >= 0.3 is 6.09 Å². The molecule has 1 atom stereocenters. The molecule has 1 heterocycles. The van der Waals surface area contributed by atoms with Gasteiger partial charge in [-0.05, 0) is 45.4 Å². The number of amides is 1. The van der Waals surface area contributed by atoms with Crippen LogP contribution in [-0.4, -0.2) is 45.7 Å². The van der Waals surface area contributed by atoms with Crippen LogP contribution in [-0.2, 0) is 4.74 Å².